The first-order chi connectivity index (χ1) is 9.65. The SMILES string of the molecule is CN(c1cnc2cc([N+](=O)[O-])ccc2n1)C1CCNC1.Cl. The van der Waals surface area contributed by atoms with Crippen molar-refractivity contribution in [1.82, 2.24) is 15.3 Å². The molecule has 21 heavy (non-hydrogen) atoms. The van der Waals surface area contributed by atoms with E-state index in [0.29, 0.717) is 17.1 Å². The predicted octanol–water partition coefficient (Wildman–Crippen LogP) is 1.76. The summed E-state index contributed by atoms with van der Waals surface area (Å²) in [5.41, 5.74) is 1.25. The van der Waals surface area contributed by atoms with Crippen LogP contribution in [0.25, 0.3) is 11.0 Å². The second-order valence-corrected chi connectivity index (χ2v) is 4.92. The van der Waals surface area contributed by atoms with Crippen LogP contribution in [0.5, 0.6) is 0 Å². The number of nitro groups is 1. The average molecular weight is 310 g/mol. The molecule has 8 heteroatoms. The number of non-ortho nitro benzene ring substituents is 1. The summed E-state index contributed by atoms with van der Waals surface area (Å²) >= 11 is 0. The molecule has 3 rings (SSSR count). The van der Waals surface area contributed by atoms with Crippen LogP contribution in [0.4, 0.5) is 11.5 Å². The summed E-state index contributed by atoms with van der Waals surface area (Å²) < 4.78 is 0. The minimum atomic E-state index is -0.425. The Bertz CT molecular complexity index is 660. The van der Waals surface area contributed by atoms with Gasteiger partial charge in [-0.25, -0.2) is 4.98 Å². The fraction of sp³-hybridized carbons (Fsp3) is 0.385. The molecule has 0 amide bonds. The van der Waals surface area contributed by atoms with Crippen LogP contribution in [0.2, 0.25) is 0 Å². The Labute approximate surface area is 127 Å². The number of fused-ring (bicyclic) bond motifs is 1. The smallest absolute Gasteiger partial charge is 0.271 e. The summed E-state index contributed by atoms with van der Waals surface area (Å²) in [7, 11) is 2.00. The summed E-state index contributed by atoms with van der Waals surface area (Å²) in [6, 6.07) is 4.96. The van der Waals surface area contributed by atoms with Gasteiger partial charge in [-0.2, -0.15) is 0 Å². The number of rotatable bonds is 3. The lowest BCUT2D eigenvalue weighted by atomic mass is 10.2. The molecule has 112 valence electrons. The van der Waals surface area contributed by atoms with Gasteiger partial charge >= 0.3 is 0 Å². The highest BCUT2D eigenvalue weighted by Crippen LogP contribution is 2.21. The minimum Gasteiger partial charge on any atom is -0.354 e. The predicted molar refractivity (Wildman–Crippen MR) is 83.1 cm³/mol. The number of halogens is 1. The van der Waals surface area contributed by atoms with Crippen LogP contribution in [-0.2, 0) is 0 Å². The Hall–Kier alpha value is -1.99. The van der Waals surface area contributed by atoms with Crippen molar-refractivity contribution in [2.75, 3.05) is 25.0 Å². The van der Waals surface area contributed by atoms with Gasteiger partial charge in [-0.05, 0) is 19.0 Å². The van der Waals surface area contributed by atoms with Gasteiger partial charge in [-0.3, -0.25) is 15.1 Å². The molecular weight excluding hydrogens is 294 g/mol. The summed E-state index contributed by atoms with van der Waals surface area (Å²) in [4.78, 5) is 21.2. The number of hydrogen-bond donors (Lipinski definition) is 1. The van der Waals surface area contributed by atoms with Crippen molar-refractivity contribution in [3.8, 4) is 0 Å². The van der Waals surface area contributed by atoms with E-state index >= 15 is 0 Å². The Morgan fingerprint density at radius 2 is 2.24 bits per heavy atom. The van der Waals surface area contributed by atoms with Crippen molar-refractivity contribution in [1.29, 1.82) is 0 Å². The molecule has 1 unspecified atom stereocenters. The van der Waals surface area contributed by atoms with Gasteiger partial charge in [0.2, 0.25) is 0 Å². The third-order valence-corrected chi connectivity index (χ3v) is 3.67. The molecule has 2 heterocycles. The van der Waals surface area contributed by atoms with Crippen LogP contribution < -0.4 is 10.2 Å². The molecule has 1 saturated heterocycles. The van der Waals surface area contributed by atoms with Crippen molar-refractivity contribution < 1.29 is 4.92 Å². The molecule has 2 aromatic rings. The molecule has 0 radical (unpaired) electrons. The van der Waals surface area contributed by atoms with E-state index < -0.39 is 4.92 Å². The molecule has 1 aliphatic heterocycles. The maximum atomic E-state index is 10.7. The monoisotopic (exact) mass is 309 g/mol. The van der Waals surface area contributed by atoms with Gasteiger partial charge in [0.1, 0.15) is 5.82 Å². The van der Waals surface area contributed by atoms with Gasteiger partial charge in [0.15, 0.2) is 0 Å². The highest BCUT2D eigenvalue weighted by molar-refractivity contribution is 5.85. The number of anilines is 1. The van der Waals surface area contributed by atoms with Gasteiger partial charge in [0.25, 0.3) is 5.69 Å². The molecule has 0 aliphatic carbocycles. The second kappa shape index (κ2) is 6.19. The number of hydrogen-bond acceptors (Lipinski definition) is 6. The summed E-state index contributed by atoms with van der Waals surface area (Å²) in [6.07, 6.45) is 2.75. The van der Waals surface area contributed by atoms with Crippen molar-refractivity contribution in [3.63, 3.8) is 0 Å². The zero-order valence-corrected chi connectivity index (χ0v) is 12.3. The molecule has 0 saturated carbocycles. The van der Waals surface area contributed by atoms with Crippen LogP contribution >= 0.6 is 12.4 Å². The molecule has 0 bridgehead atoms. The van der Waals surface area contributed by atoms with Crippen LogP contribution in [0.15, 0.2) is 24.4 Å². The average Bonchev–Trinajstić information content (AvgIpc) is 2.99. The molecule has 0 spiro atoms. The van der Waals surface area contributed by atoms with Gasteiger partial charge in [0.05, 0.1) is 22.2 Å². The van der Waals surface area contributed by atoms with Crippen molar-refractivity contribution >= 4 is 34.9 Å². The van der Waals surface area contributed by atoms with Gasteiger partial charge in [-0.15, -0.1) is 12.4 Å². The first-order valence-corrected chi connectivity index (χ1v) is 6.50. The summed E-state index contributed by atoms with van der Waals surface area (Å²) in [6.45, 7) is 1.96. The number of nitrogens with zero attached hydrogens (tertiary/aromatic N) is 4. The molecule has 1 atom stereocenters. The Balaban J connectivity index is 0.00000161. The van der Waals surface area contributed by atoms with Crippen LogP contribution in [0, 0.1) is 10.1 Å². The van der Waals surface area contributed by atoms with Crippen molar-refractivity contribution in [2.45, 2.75) is 12.5 Å². The van der Waals surface area contributed by atoms with E-state index in [1.807, 2.05) is 7.05 Å². The van der Waals surface area contributed by atoms with Crippen molar-refractivity contribution in [3.05, 3.63) is 34.5 Å². The standard InChI is InChI=1S/C13H15N5O2.ClH/c1-17(10-4-5-14-7-10)13-8-15-12-6-9(18(19)20)2-3-11(12)16-13;/h2-3,6,8,10,14H,4-5,7H2,1H3;1H. The zero-order valence-electron chi connectivity index (χ0n) is 11.5. The number of aromatic nitrogens is 2. The Morgan fingerprint density at radius 3 is 2.90 bits per heavy atom. The van der Waals surface area contributed by atoms with Crippen LogP contribution in [0.1, 0.15) is 6.42 Å². The molecule has 1 N–H and O–H groups in total. The van der Waals surface area contributed by atoms with Gasteiger partial charge in [0, 0.05) is 31.8 Å². The lowest BCUT2D eigenvalue weighted by Gasteiger charge is -2.24. The van der Waals surface area contributed by atoms with Gasteiger partial charge in [-0.1, -0.05) is 0 Å². The van der Waals surface area contributed by atoms with E-state index in [2.05, 4.69) is 20.2 Å². The highest BCUT2D eigenvalue weighted by Gasteiger charge is 2.20. The molecule has 1 aromatic heterocycles. The van der Waals surface area contributed by atoms with Gasteiger partial charge < -0.3 is 10.2 Å². The molecular formula is C13H16ClN5O2. The number of nitrogens with one attached hydrogen (secondary N) is 1. The zero-order chi connectivity index (χ0) is 14.1. The summed E-state index contributed by atoms with van der Waals surface area (Å²) in [5, 5.41) is 14.1. The minimum absolute atomic E-state index is 0. The number of likely N-dealkylation sites (N-methyl/N-ethyl adjacent to an activating group) is 1. The highest BCUT2D eigenvalue weighted by atomic mass is 35.5. The molecule has 1 aliphatic rings. The lowest BCUT2D eigenvalue weighted by Crippen LogP contribution is -2.33. The van der Waals surface area contributed by atoms with Crippen LogP contribution in [-0.4, -0.2) is 41.1 Å². The third-order valence-electron chi connectivity index (χ3n) is 3.67. The van der Waals surface area contributed by atoms with E-state index in [1.54, 1.807) is 12.3 Å². The summed E-state index contributed by atoms with van der Waals surface area (Å²) in [5.74, 6) is 0.792. The first kappa shape index (κ1) is 15.4. The first-order valence-electron chi connectivity index (χ1n) is 6.50. The fourth-order valence-corrected chi connectivity index (χ4v) is 2.43. The second-order valence-electron chi connectivity index (χ2n) is 4.92. The van der Waals surface area contributed by atoms with Crippen molar-refractivity contribution in [2.24, 2.45) is 0 Å². The lowest BCUT2D eigenvalue weighted by molar-refractivity contribution is -0.384. The van der Waals surface area contributed by atoms with E-state index in [0.717, 1.165) is 25.3 Å². The maximum Gasteiger partial charge on any atom is 0.271 e. The Kier molecular flexibility index (Phi) is 4.54. The number of benzene rings is 1. The topological polar surface area (TPSA) is 84.2 Å². The molecule has 7 nitrogen and oxygen atoms in total. The molecule has 1 fully saturated rings. The van der Waals surface area contributed by atoms with E-state index in [-0.39, 0.29) is 18.1 Å². The third kappa shape index (κ3) is 3.03. The normalized spacial score (nSPS) is 17.5. The largest absolute Gasteiger partial charge is 0.354 e. The quantitative estimate of drug-likeness (QED) is 0.687. The molecule has 1 aromatic carbocycles. The van der Waals surface area contributed by atoms with E-state index in [9.17, 15) is 10.1 Å². The number of nitro benzene ring substituents is 1. The Morgan fingerprint density at radius 1 is 1.43 bits per heavy atom. The maximum absolute atomic E-state index is 10.7. The van der Waals surface area contributed by atoms with E-state index in [4.69, 9.17) is 0 Å². The fourth-order valence-electron chi connectivity index (χ4n) is 2.43. The van der Waals surface area contributed by atoms with E-state index in [1.165, 1.54) is 12.1 Å². The van der Waals surface area contributed by atoms with Crippen LogP contribution in [0.3, 0.4) is 0 Å².